The second-order valence-electron chi connectivity index (χ2n) is 6.21. The summed E-state index contributed by atoms with van der Waals surface area (Å²) in [6.45, 7) is 12.9. The Bertz CT molecular complexity index is 536. The predicted molar refractivity (Wildman–Crippen MR) is 98.9 cm³/mol. The normalized spacial score (nSPS) is 11.1. The zero-order valence-corrected chi connectivity index (χ0v) is 18.7. The van der Waals surface area contributed by atoms with Crippen LogP contribution in [0.2, 0.25) is 5.04 Å². The molecule has 0 amide bonds. The maximum atomic E-state index is 6.47. The van der Waals surface area contributed by atoms with Crippen molar-refractivity contribution in [1.29, 1.82) is 0 Å². The first-order valence-corrected chi connectivity index (χ1v) is 9.21. The zero-order chi connectivity index (χ0) is 15.3. The van der Waals surface area contributed by atoms with Crippen LogP contribution in [0.25, 0.3) is 0 Å². The van der Waals surface area contributed by atoms with E-state index in [0.29, 0.717) is 6.61 Å². The van der Waals surface area contributed by atoms with Crippen LogP contribution in [0.3, 0.4) is 0 Å². The van der Waals surface area contributed by atoms with Gasteiger partial charge in [-0.2, -0.15) is 0 Å². The summed E-state index contributed by atoms with van der Waals surface area (Å²) in [6.07, 6.45) is 1.60. The van der Waals surface area contributed by atoms with E-state index in [1.54, 1.807) is 6.08 Å². The first-order valence-electron chi connectivity index (χ1n) is 7.31. The van der Waals surface area contributed by atoms with Crippen LogP contribution in [0.5, 0.6) is 0 Å². The molecule has 0 aromatic heterocycles. The molecule has 2 aromatic carbocycles. The Hall–Kier alpha value is -1.02. The molecule has 0 N–H and O–H groups in total. The minimum absolute atomic E-state index is 0. The molecular formula is C20H26OSiZn. The van der Waals surface area contributed by atoms with Crippen molar-refractivity contribution in [3.05, 3.63) is 80.7 Å². The molecule has 3 heteroatoms. The fourth-order valence-electron chi connectivity index (χ4n) is 2.93. The Morgan fingerprint density at radius 1 is 0.913 bits per heavy atom. The molecule has 0 atom stereocenters. The summed E-state index contributed by atoms with van der Waals surface area (Å²) in [5.41, 5.74) is 0. The molecule has 0 aliphatic rings. The predicted octanol–water partition coefficient (Wildman–Crippen LogP) is 4.00. The summed E-state index contributed by atoms with van der Waals surface area (Å²) in [4.78, 5) is 0. The van der Waals surface area contributed by atoms with Gasteiger partial charge in [0.15, 0.2) is 0 Å². The van der Waals surface area contributed by atoms with Gasteiger partial charge in [0.25, 0.3) is 8.32 Å². The monoisotopic (exact) mass is 374 g/mol. The smallest absolute Gasteiger partial charge is 0.516 e. The third kappa shape index (κ3) is 4.50. The Labute approximate surface area is 155 Å². The van der Waals surface area contributed by atoms with Gasteiger partial charge in [0.05, 0.1) is 0 Å². The van der Waals surface area contributed by atoms with Gasteiger partial charge in [0, 0.05) is 6.61 Å². The van der Waals surface area contributed by atoms with Gasteiger partial charge < -0.3 is 18.4 Å². The zero-order valence-electron chi connectivity index (χ0n) is 14.8. The molecule has 0 spiro atoms. The average Bonchev–Trinajstić information content (AvgIpc) is 2.49. The first-order chi connectivity index (χ1) is 10.0. The summed E-state index contributed by atoms with van der Waals surface area (Å²) in [7, 11) is -2.38. The van der Waals surface area contributed by atoms with E-state index in [-0.39, 0.29) is 31.9 Å². The second kappa shape index (κ2) is 9.32. The van der Waals surface area contributed by atoms with Crippen LogP contribution in [0, 0.1) is 14.0 Å². The van der Waals surface area contributed by atoms with E-state index >= 15 is 0 Å². The van der Waals surface area contributed by atoms with E-state index in [4.69, 9.17) is 11.0 Å². The fraction of sp³-hybridized carbons (Fsp3) is 0.250. The Kier molecular flexibility index (Phi) is 8.91. The SMILES string of the molecule is [CH-]=CCO[Si](c1ccccc1)(c1ccccc1)C(C)(C)C.[CH3-].[Zn+2]. The van der Waals surface area contributed by atoms with Gasteiger partial charge >= 0.3 is 19.5 Å². The minimum Gasteiger partial charge on any atom is -0.516 e. The molecule has 2 aromatic rings. The molecule has 23 heavy (non-hydrogen) atoms. The van der Waals surface area contributed by atoms with Crippen LogP contribution >= 0.6 is 0 Å². The number of hydrogen-bond acceptors (Lipinski definition) is 1. The molecule has 0 aliphatic carbocycles. The van der Waals surface area contributed by atoms with E-state index in [1.165, 1.54) is 10.4 Å². The summed E-state index contributed by atoms with van der Waals surface area (Å²) in [5.74, 6) is 0. The largest absolute Gasteiger partial charge is 2.00 e. The van der Waals surface area contributed by atoms with Gasteiger partial charge in [-0.05, 0) is 15.4 Å². The quantitative estimate of drug-likeness (QED) is 0.567. The summed E-state index contributed by atoms with van der Waals surface area (Å²) < 4.78 is 6.47. The van der Waals surface area contributed by atoms with Gasteiger partial charge in [0.2, 0.25) is 0 Å². The molecular weight excluding hydrogens is 350 g/mol. The fourth-order valence-corrected chi connectivity index (χ4v) is 7.44. The van der Waals surface area contributed by atoms with Crippen molar-refractivity contribution in [2.45, 2.75) is 25.8 Å². The number of hydrogen-bond donors (Lipinski definition) is 0. The molecule has 0 unspecified atom stereocenters. The van der Waals surface area contributed by atoms with Crippen LogP contribution in [0.4, 0.5) is 0 Å². The molecule has 0 bridgehead atoms. The van der Waals surface area contributed by atoms with Crippen LogP contribution in [-0.2, 0) is 23.9 Å². The molecule has 0 fully saturated rings. The molecule has 0 saturated heterocycles. The van der Waals surface area contributed by atoms with Gasteiger partial charge in [-0.25, -0.2) is 6.08 Å². The van der Waals surface area contributed by atoms with E-state index in [0.717, 1.165) is 0 Å². The van der Waals surface area contributed by atoms with Gasteiger partial charge in [-0.15, -0.1) is 0 Å². The maximum absolute atomic E-state index is 6.47. The van der Waals surface area contributed by atoms with Gasteiger partial charge in [-0.1, -0.05) is 81.4 Å². The Morgan fingerprint density at radius 2 is 1.30 bits per heavy atom. The van der Waals surface area contributed by atoms with E-state index < -0.39 is 8.32 Å². The average molecular weight is 376 g/mol. The standard InChI is InChI=1S/C19H23OSi.CH3.Zn/c1-5-16-20-21(19(2,3)4,17-12-8-6-9-13-17)18-14-10-7-11-15-18;;/h1,5-15H,16H2,2-4H3;1H3;/q2*-1;+2. The van der Waals surface area contributed by atoms with E-state index in [1.807, 2.05) is 12.1 Å². The molecule has 0 saturated carbocycles. The van der Waals surface area contributed by atoms with Crippen molar-refractivity contribution in [2.75, 3.05) is 6.61 Å². The van der Waals surface area contributed by atoms with Gasteiger partial charge in [0.1, 0.15) is 0 Å². The van der Waals surface area contributed by atoms with Crippen molar-refractivity contribution in [3.8, 4) is 0 Å². The van der Waals surface area contributed by atoms with E-state index in [9.17, 15) is 0 Å². The molecule has 1 nitrogen and oxygen atoms in total. The Balaban J connectivity index is 0.00000242. The molecule has 2 rings (SSSR count). The van der Waals surface area contributed by atoms with Crippen LogP contribution in [-0.4, -0.2) is 14.9 Å². The second-order valence-corrected chi connectivity index (χ2v) is 10.5. The summed E-state index contributed by atoms with van der Waals surface area (Å²) in [6, 6.07) is 21.2. The topological polar surface area (TPSA) is 9.23 Å². The van der Waals surface area contributed by atoms with Crippen molar-refractivity contribution in [3.63, 3.8) is 0 Å². The van der Waals surface area contributed by atoms with Crippen molar-refractivity contribution in [2.24, 2.45) is 0 Å². The molecule has 0 aliphatic heterocycles. The van der Waals surface area contributed by atoms with Crippen molar-refractivity contribution >= 4 is 18.7 Å². The first kappa shape index (κ1) is 22.0. The summed E-state index contributed by atoms with van der Waals surface area (Å²) in [5, 5.41) is 2.58. The van der Waals surface area contributed by atoms with Gasteiger partial charge in [-0.3, -0.25) is 0 Å². The Morgan fingerprint density at radius 3 is 1.61 bits per heavy atom. The maximum Gasteiger partial charge on any atom is 2.00 e. The number of rotatable bonds is 5. The van der Waals surface area contributed by atoms with Crippen LogP contribution in [0.1, 0.15) is 20.8 Å². The molecule has 0 radical (unpaired) electrons. The number of benzene rings is 2. The van der Waals surface area contributed by atoms with E-state index in [2.05, 4.69) is 69.3 Å². The summed E-state index contributed by atoms with van der Waals surface area (Å²) >= 11 is 0. The van der Waals surface area contributed by atoms with Crippen LogP contribution < -0.4 is 10.4 Å². The third-order valence-corrected chi connectivity index (χ3v) is 8.82. The molecule has 118 valence electrons. The molecule has 0 heterocycles. The minimum atomic E-state index is -2.38. The third-order valence-electron chi connectivity index (χ3n) is 3.81. The van der Waals surface area contributed by atoms with Crippen LogP contribution in [0.15, 0.2) is 66.7 Å². The van der Waals surface area contributed by atoms with Crippen molar-refractivity contribution < 1.29 is 23.9 Å². The van der Waals surface area contributed by atoms with Crippen molar-refractivity contribution in [1.82, 2.24) is 0 Å².